The largest absolute Gasteiger partial charge is 0.379 e. The highest BCUT2D eigenvalue weighted by Gasteiger charge is 2.21. The van der Waals surface area contributed by atoms with Gasteiger partial charge in [-0.2, -0.15) is 0 Å². The quantitative estimate of drug-likeness (QED) is 0.773. The first-order chi connectivity index (χ1) is 13.7. The fourth-order valence-electron chi connectivity index (χ4n) is 3.87. The summed E-state index contributed by atoms with van der Waals surface area (Å²) in [6, 6.07) is 8.62. The van der Waals surface area contributed by atoms with Crippen LogP contribution in [0.4, 0.5) is 0 Å². The first-order valence-corrected chi connectivity index (χ1v) is 11.2. The summed E-state index contributed by atoms with van der Waals surface area (Å²) in [5.41, 5.74) is 3.33. The molecule has 0 radical (unpaired) electrons. The van der Waals surface area contributed by atoms with Crippen LogP contribution in [0.5, 0.6) is 0 Å². The van der Waals surface area contributed by atoms with Gasteiger partial charge in [0, 0.05) is 43.7 Å². The normalized spacial score (nSPS) is 19.1. The van der Waals surface area contributed by atoms with Crippen molar-refractivity contribution in [2.75, 3.05) is 39.4 Å². The lowest BCUT2D eigenvalue weighted by atomic mass is 9.99. The van der Waals surface area contributed by atoms with Gasteiger partial charge in [-0.1, -0.05) is 25.1 Å². The van der Waals surface area contributed by atoms with Crippen LogP contribution in [0.25, 0.3) is 10.6 Å². The molecular formula is C22H29N3O2S. The van der Waals surface area contributed by atoms with E-state index in [2.05, 4.69) is 36.1 Å². The molecule has 2 aromatic rings. The van der Waals surface area contributed by atoms with E-state index in [4.69, 9.17) is 9.72 Å². The van der Waals surface area contributed by atoms with Crippen molar-refractivity contribution in [3.05, 3.63) is 40.9 Å². The lowest BCUT2D eigenvalue weighted by molar-refractivity contribution is -0.131. The van der Waals surface area contributed by atoms with Crippen molar-refractivity contribution in [1.29, 1.82) is 0 Å². The Hall–Kier alpha value is -1.76. The summed E-state index contributed by atoms with van der Waals surface area (Å²) in [4.78, 5) is 21.8. The van der Waals surface area contributed by atoms with Gasteiger partial charge in [-0.15, -0.1) is 11.3 Å². The Morgan fingerprint density at radius 2 is 2.00 bits per heavy atom. The maximum Gasteiger partial charge on any atom is 0.228 e. The second-order valence-electron chi connectivity index (χ2n) is 7.97. The van der Waals surface area contributed by atoms with Crippen molar-refractivity contribution in [2.24, 2.45) is 5.92 Å². The predicted molar refractivity (Wildman–Crippen MR) is 112 cm³/mol. The van der Waals surface area contributed by atoms with Gasteiger partial charge in [0.05, 0.1) is 25.3 Å². The molecule has 1 amide bonds. The van der Waals surface area contributed by atoms with Crippen LogP contribution in [0, 0.1) is 5.92 Å². The van der Waals surface area contributed by atoms with Crippen LogP contribution < -0.4 is 0 Å². The number of hydrogen-bond acceptors (Lipinski definition) is 5. The maximum absolute atomic E-state index is 12.6. The molecule has 2 saturated heterocycles. The highest BCUT2D eigenvalue weighted by molar-refractivity contribution is 7.13. The molecule has 0 N–H and O–H groups in total. The molecule has 4 rings (SSSR count). The Kier molecular flexibility index (Phi) is 6.40. The van der Waals surface area contributed by atoms with Crippen molar-refractivity contribution in [2.45, 2.75) is 32.7 Å². The van der Waals surface area contributed by atoms with Crippen molar-refractivity contribution in [3.63, 3.8) is 0 Å². The van der Waals surface area contributed by atoms with Gasteiger partial charge < -0.3 is 9.64 Å². The van der Waals surface area contributed by atoms with E-state index in [0.717, 1.165) is 81.0 Å². The zero-order valence-electron chi connectivity index (χ0n) is 16.6. The summed E-state index contributed by atoms with van der Waals surface area (Å²) in [5, 5.41) is 3.04. The first-order valence-electron chi connectivity index (χ1n) is 10.3. The van der Waals surface area contributed by atoms with E-state index in [0.29, 0.717) is 6.42 Å². The zero-order valence-corrected chi connectivity index (χ0v) is 17.4. The van der Waals surface area contributed by atoms with Gasteiger partial charge in [0.25, 0.3) is 0 Å². The van der Waals surface area contributed by atoms with Crippen molar-refractivity contribution >= 4 is 17.2 Å². The van der Waals surface area contributed by atoms with Gasteiger partial charge in [-0.05, 0) is 30.4 Å². The number of carbonyl (C=O) groups is 1. The van der Waals surface area contributed by atoms with E-state index in [9.17, 15) is 4.79 Å². The molecule has 0 saturated carbocycles. The average molecular weight is 400 g/mol. The van der Waals surface area contributed by atoms with Crippen LogP contribution in [-0.2, 0) is 22.5 Å². The van der Waals surface area contributed by atoms with Crippen LogP contribution >= 0.6 is 11.3 Å². The number of piperidine rings is 1. The summed E-state index contributed by atoms with van der Waals surface area (Å²) >= 11 is 1.63. The van der Waals surface area contributed by atoms with Gasteiger partial charge >= 0.3 is 0 Å². The highest BCUT2D eigenvalue weighted by Crippen LogP contribution is 2.26. The molecule has 0 unspecified atom stereocenters. The fourth-order valence-corrected chi connectivity index (χ4v) is 4.68. The second kappa shape index (κ2) is 9.16. The minimum atomic E-state index is 0.213. The number of likely N-dealkylation sites (tertiary alicyclic amines) is 1. The summed E-state index contributed by atoms with van der Waals surface area (Å²) in [6.07, 6.45) is 2.65. The number of thiazole rings is 1. The summed E-state index contributed by atoms with van der Waals surface area (Å²) in [6.45, 7) is 8.61. The highest BCUT2D eigenvalue weighted by atomic mass is 32.1. The van der Waals surface area contributed by atoms with E-state index >= 15 is 0 Å². The third-order valence-electron chi connectivity index (χ3n) is 5.70. The molecule has 0 aliphatic carbocycles. The van der Waals surface area contributed by atoms with Crippen LogP contribution in [0.15, 0.2) is 29.6 Å². The second-order valence-corrected chi connectivity index (χ2v) is 8.83. The number of rotatable bonds is 5. The van der Waals surface area contributed by atoms with Crippen LogP contribution in [0.1, 0.15) is 31.0 Å². The van der Waals surface area contributed by atoms with Crippen LogP contribution in [-0.4, -0.2) is 60.1 Å². The standard InChI is InChI=1S/C22H29N3O2S/c1-17-5-7-25(8-6-17)21(26)14-20-16-28-22(23-20)19-4-2-3-18(13-19)15-24-9-11-27-12-10-24/h2-4,13,16-17H,5-12,14-15H2,1H3. The summed E-state index contributed by atoms with van der Waals surface area (Å²) in [5.74, 6) is 0.949. The molecule has 28 heavy (non-hydrogen) atoms. The summed E-state index contributed by atoms with van der Waals surface area (Å²) < 4.78 is 5.43. The lowest BCUT2D eigenvalue weighted by Gasteiger charge is -2.30. The first kappa shape index (κ1) is 19.6. The number of amides is 1. The Morgan fingerprint density at radius 3 is 2.79 bits per heavy atom. The van der Waals surface area contributed by atoms with Crippen LogP contribution in [0.2, 0.25) is 0 Å². The van der Waals surface area contributed by atoms with Gasteiger partial charge in [-0.25, -0.2) is 4.98 Å². The Bertz CT molecular complexity index is 793. The Balaban J connectivity index is 1.38. The van der Waals surface area contributed by atoms with Gasteiger partial charge in [0.15, 0.2) is 0 Å². The van der Waals surface area contributed by atoms with Crippen molar-refractivity contribution in [1.82, 2.24) is 14.8 Å². The molecule has 5 nitrogen and oxygen atoms in total. The molecule has 0 spiro atoms. The van der Waals surface area contributed by atoms with E-state index in [1.165, 1.54) is 5.56 Å². The van der Waals surface area contributed by atoms with Gasteiger partial charge in [-0.3, -0.25) is 9.69 Å². The average Bonchev–Trinajstić information content (AvgIpc) is 3.18. The third-order valence-corrected chi connectivity index (χ3v) is 6.64. The van der Waals surface area contributed by atoms with Crippen molar-refractivity contribution in [3.8, 4) is 10.6 Å². The monoisotopic (exact) mass is 399 g/mol. The molecule has 6 heteroatoms. The minimum absolute atomic E-state index is 0.213. The fraction of sp³-hybridized carbons (Fsp3) is 0.545. The number of benzene rings is 1. The molecule has 2 fully saturated rings. The molecule has 0 bridgehead atoms. The SMILES string of the molecule is CC1CCN(C(=O)Cc2csc(-c3cccc(CN4CCOCC4)c3)n2)CC1. The molecule has 0 atom stereocenters. The van der Waals surface area contributed by atoms with E-state index in [-0.39, 0.29) is 5.91 Å². The van der Waals surface area contributed by atoms with E-state index < -0.39 is 0 Å². The topological polar surface area (TPSA) is 45.7 Å². The molecule has 150 valence electrons. The Labute approximate surface area is 171 Å². The smallest absolute Gasteiger partial charge is 0.228 e. The molecular weight excluding hydrogens is 370 g/mol. The molecule has 1 aromatic carbocycles. The molecule has 3 heterocycles. The third kappa shape index (κ3) is 4.99. The van der Waals surface area contributed by atoms with E-state index in [1.807, 2.05) is 10.3 Å². The minimum Gasteiger partial charge on any atom is -0.379 e. The number of hydrogen-bond donors (Lipinski definition) is 0. The summed E-state index contributed by atoms with van der Waals surface area (Å²) in [7, 11) is 0. The molecule has 2 aliphatic heterocycles. The molecule has 2 aliphatic rings. The lowest BCUT2D eigenvalue weighted by Crippen LogP contribution is -2.38. The number of carbonyl (C=O) groups excluding carboxylic acids is 1. The predicted octanol–water partition coefficient (Wildman–Crippen LogP) is 3.44. The van der Waals surface area contributed by atoms with Gasteiger partial charge in [0.1, 0.15) is 5.01 Å². The van der Waals surface area contributed by atoms with E-state index in [1.54, 1.807) is 11.3 Å². The van der Waals surface area contributed by atoms with Gasteiger partial charge in [0.2, 0.25) is 5.91 Å². The number of ether oxygens (including phenoxy) is 1. The Morgan fingerprint density at radius 1 is 1.21 bits per heavy atom. The number of morpholine rings is 1. The number of nitrogens with zero attached hydrogens (tertiary/aromatic N) is 3. The van der Waals surface area contributed by atoms with Crippen molar-refractivity contribution < 1.29 is 9.53 Å². The zero-order chi connectivity index (χ0) is 19.3. The molecule has 1 aromatic heterocycles. The number of aromatic nitrogens is 1. The van der Waals surface area contributed by atoms with Crippen LogP contribution in [0.3, 0.4) is 0 Å². The maximum atomic E-state index is 12.6.